The van der Waals surface area contributed by atoms with Gasteiger partial charge in [0.2, 0.25) is 0 Å². The second-order valence-corrected chi connectivity index (χ2v) is 4.72. The van der Waals surface area contributed by atoms with Gasteiger partial charge in [0.1, 0.15) is 0 Å². The SMILES string of the molecule is CC1CN(CC(C)C(N)=S)C(C)CO1. The Morgan fingerprint density at radius 2 is 2.29 bits per heavy atom. The summed E-state index contributed by atoms with van der Waals surface area (Å²) >= 11 is 4.97. The smallest absolute Gasteiger partial charge is 0.0768 e. The quantitative estimate of drug-likeness (QED) is 0.715. The van der Waals surface area contributed by atoms with E-state index in [9.17, 15) is 0 Å². The summed E-state index contributed by atoms with van der Waals surface area (Å²) in [7, 11) is 0. The molecular weight excluding hydrogens is 196 g/mol. The Hall–Kier alpha value is -0.190. The van der Waals surface area contributed by atoms with Crippen LogP contribution < -0.4 is 5.73 Å². The van der Waals surface area contributed by atoms with Gasteiger partial charge in [-0.15, -0.1) is 0 Å². The first-order valence-electron chi connectivity index (χ1n) is 5.15. The normalized spacial score (nSPS) is 31.4. The molecule has 0 aromatic carbocycles. The second-order valence-electron chi connectivity index (χ2n) is 4.25. The molecular formula is C10H20N2OS. The molecule has 1 aliphatic heterocycles. The van der Waals surface area contributed by atoms with Gasteiger partial charge in [0.15, 0.2) is 0 Å². The number of rotatable bonds is 3. The molecule has 0 aromatic heterocycles. The van der Waals surface area contributed by atoms with Gasteiger partial charge in [0.25, 0.3) is 0 Å². The van der Waals surface area contributed by atoms with E-state index in [1.54, 1.807) is 0 Å². The van der Waals surface area contributed by atoms with Crippen LogP contribution in [0.25, 0.3) is 0 Å². The van der Waals surface area contributed by atoms with E-state index in [-0.39, 0.29) is 5.92 Å². The fraction of sp³-hybridized carbons (Fsp3) is 0.900. The highest BCUT2D eigenvalue weighted by atomic mass is 32.1. The first kappa shape index (κ1) is 11.9. The lowest BCUT2D eigenvalue weighted by Gasteiger charge is -2.38. The number of nitrogens with zero attached hydrogens (tertiary/aromatic N) is 1. The Kier molecular flexibility index (Phi) is 4.29. The van der Waals surface area contributed by atoms with Crippen molar-refractivity contribution in [1.29, 1.82) is 0 Å². The monoisotopic (exact) mass is 216 g/mol. The molecule has 0 bridgehead atoms. The minimum Gasteiger partial charge on any atom is -0.393 e. The third-order valence-corrected chi connectivity index (χ3v) is 3.13. The number of hydrogen-bond acceptors (Lipinski definition) is 3. The van der Waals surface area contributed by atoms with E-state index >= 15 is 0 Å². The summed E-state index contributed by atoms with van der Waals surface area (Å²) in [4.78, 5) is 3.01. The zero-order chi connectivity index (χ0) is 10.7. The van der Waals surface area contributed by atoms with Gasteiger partial charge in [0.05, 0.1) is 17.7 Å². The van der Waals surface area contributed by atoms with E-state index in [1.807, 2.05) is 0 Å². The van der Waals surface area contributed by atoms with Crippen LogP contribution in [0.5, 0.6) is 0 Å². The van der Waals surface area contributed by atoms with Crippen molar-refractivity contribution in [3.8, 4) is 0 Å². The van der Waals surface area contributed by atoms with Gasteiger partial charge >= 0.3 is 0 Å². The molecule has 3 unspecified atom stereocenters. The van der Waals surface area contributed by atoms with Gasteiger partial charge in [-0.05, 0) is 13.8 Å². The summed E-state index contributed by atoms with van der Waals surface area (Å²) in [5.74, 6) is 0.290. The molecule has 1 aliphatic rings. The van der Waals surface area contributed by atoms with E-state index in [2.05, 4.69) is 25.7 Å². The van der Waals surface area contributed by atoms with Crippen LogP contribution in [-0.4, -0.2) is 41.7 Å². The van der Waals surface area contributed by atoms with Gasteiger partial charge in [0, 0.05) is 25.0 Å². The van der Waals surface area contributed by atoms with Crippen LogP contribution in [0.4, 0.5) is 0 Å². The molecule has 1 saturated heterocycles. The minimum absolute atomic E-state index is 0.290. The van der Waals surface area contributed by atoms with Crippen LogP contribution in [-0.2, 0) is 4.74 Å². The molecule has 3 nitrogen and oxygen atoms in total. The van der Waals surface area contributed by atoms with E-state index < -0.39 is 0 Å². The van der Waals surface area contributed by atoms with Gasteiger partial charge in [-0.3, -0.25) is 4.90 Å². The first-order chi connectivity index (χ1) is 6.50. The molecule has 0 saturated carbocycles. The molecule has 2 N–H and O–H groups in total. The van der Waals surface area contributed by atoms with Gasteiger partial charge in [-0.2, -0.15) is 0 Å². The number of thiocarbonyl (C=S) groups is 1. The maximum absolute atomic E-state index is 5.61. The lowest BCUT2D eigenvalue weighted by molar-refractivity contribution is -0.0511. The van der Waals surface area contributed by atoms with Crippen molar-refractivity contribution in [1.82, 2.24) is 4.90 Å². The lowest BCUT2D eigenvalue weighted by Crippen LogP contribution is -2.49. The average Bonchev–Trinajstić information content (AvgIpc) is 2.11. The molecule has 1 rings (SSSR count). The summed E-state index contributed by atoms with van der Waals surface area (Å²) in [5.41, 5.74) is 5.61. The molecule has 0 aromatic rings. The summed E-state index contributed by atoms with van der Waals surface area (Å²) in [6.07, 6.45) is 0.324. The van der Waals surface area contributed by atoms with E-state index in [4.69, 9.17) is 22.7 Å². The zero-order valence-electron chi connectivity index (χ0n) is 9.19. The lowest BCUT2D eigenvalue weighted by atomic mass is 10.1. The van der Waals surface area contributed by atoms with Crippen molar-refractivity contribution in [2.24, 2.45) is 11.7 Å². The predicted octanol–water partition coefficient (Wildman–Crippen LogP) is 1.02. The Bertz CT molecular complexity index is 210. The molecule has 4 heteroatoms. The van der Waals surface area contributed by atoms with Crippen LogP contribution in [0.1, 0.15) is 20.8 Å². The fourth-order valence-electron chi connectivity index (χ4n) is 1.67. The number of nitrogens with two attached hydrogens (primary N) is 1. The highest BCUT2D eigenvalue weighted by molar-refractivity contribution is 7.80. The Morgan fingerprint density at radius 1 is 1.64 bits per heavy atom. The Balaban J connectivity index is 2.45. The highest BCUT2D eigenvalue weighted by Gasteiger charge is 2.24. The van der Waals surface area contributed by atoms with Crippen LogP contribution in [0.3, 0.4) is 0 Å². The van der Waals surface area contributed by atoms with Crippen molar-refractivity contribution in [3.05, 3.63) is 0 Å². The van der Waals surface area contributed by atoms with Gasteiger partial charge in [-0.25, -0.2) is 0 Å². The van der Waals surface area contributed by atoms with Crippen molar-refractivity contribution >= 4 is 17.2 Å². The van der Waals surface area contributed by atoms with E-state index in [0.29, 0.717) is 17.1 Å². The Labute approximate surface area is 91.6 Å². The standard InChI is InChI=1S/C10H20N2OS/c1-7(10(11)14)4-12-5-9(3)13-6-8(12)2/h7-9H,4-6H2,1-3H3,(H2,11,14). The molecule has 0 spiro atoms. The highest BCUT2D eigenvalue weighted by Crippen LogP contribution is 2.13. The van der Waals surface area contributed by atoms with Crippen molar-refractivity contribution in [3.63, 3.8) is 0 Å². The first-order valence-corrected chi connectivity index (χ1v) is 5.56. The van der Waals surface area contributed by atoms with Gasteiger partial charge < -0.3 is 10.5 Å². The number of morpholine rings is 1. The number of hydrogen-bond donors (Lipinski definition) is 1. The molecule has 14 heavy (non-hydrogen) atoms. The van der Waals surface area contributed by atoms with Crippen molar-refractivity contribution in [2.45, 2.75) is 32.9 Å². The van der Waals surface area contributed by atoms with Crippen LogP contribution in [0, 0.1) is 5.92 Å². The minimum atomic E-state index is 0.290. The number of ether oxygens (including phenoxy) is 1. The topological polar surface area (TPSA) is 38.5 Å². The van der Waals surface area contributed by atoms with Crippen molar-refractivity contribution in [2.75, 3.05) is 19.7 Å². The molecule has 0 radical (unpaired) electrons. The van der Waals surface area contributed by atoms with Crippen LogP contribution in [0.15, 0.2) is 0 Å². The fourth-order valence-corrected chi connectivity index (χ4v) is 1.74. The third-order valence-electron chi connectivity index (χ3n) is 2.73. The molecule has 0 aliphatic carbocycles. The Morgan fingerprint density at radius 3 is 2.86 bits per heavy atom. The predicted molar refractivity (Wildman–Crippen MR) is 62.4 cm³/mol. The maximum Gasteiger partial charge on any atom is 0.0768 e. The average molecular weight is 216 g/mol. The van der Waals surface area contributed by atoms with E-state index in [0.717, 1.165) is 19.7 Å². The maximum atomic E-state index is 5.61. The van der Waals surface area contributed by atoms with Crippen LogP contribution >= 0.6 is 12.2 Å². The molecule has 1 heterocycles. The zero-order valence-corrected chi connectivity index (χ0v) is 10.0. The molecule has 3 atom stereocenters. The third kappa shape index (κ3) is 3.19. The van der Waals surface area contributed by atoms with Crippen molar-refractivity contribution < 1.29 is 4.74 Å². The van der Waals surface area contributed by atoms with E-state index in [1.165, 1.54) is 0 Å². The largest absolute Gasteiger partial charge is 0.393 e. The molecule has 82 valence electrons. The summed E-state index contributed by atoms with van der Waals surface area (Å²) < 4.78 is 5.56. The summed E-state index contributed by atoms with van der Waals surface area (Å²) in [6.45, 7) is 9.10. The summed E-state index contributed by atoms with van der Waals surface area (Å²) in [5, 5.41) is 0. The second kappa shape index (κ2) is 5.05. The van der Waals surface area contributed by atoms with Crippen LogP contribution in [0.2, 0.25) is 0 Å². The molecule has 0 amide bonds. The summed E-state index contributed by atoms with van der Waals surface area (Å²) in [6, 6.07) is 0.475. The molecule has 1 fully saturated rings. The van der Waals surface area contributed by atoms with Gasteiger partial charge in [-0.1, -0.05) is 19.1 Å².